The molecule has 0 aliphatic carbocycles. The molecule has 0 aliphatic rings. The Morgan fingerprint density at radius 1 is 0.848 bits per heavy atom. The predicted molar refractivity (Wildman–Crippen MR) is 181 cm³/mol. The van der Waals surface area contributed by atoms with Gasteiger partial charge in [0.05, 0.1) is 16.4 Å². The first-order chi connectivity index (χ1) is 22.0. The molecule has 46 heavy (non-hydrogen) atoms. The Morgan fingerprint density at radius 2 is 1.52 bits per heavy atom. The average Bonchev–Trinajstić information content (AvgIpc) is 3.05. The SMILES string of the molecule is CCCN([C@H](CO)CCCCNC(=O)[C@H](Cc1ccc2ccccc2c1)NS(=O)(=O)c1ccccc1)S(=O)(=O)c1ccc(N)cc1. The Hall–Kier alpha value is -3.81. The van der Waals surface area contributed by atoms with Crippen molar-refractivity contribution in [3.05, 3.63) is 103 Å². The summed E-state index contributed by atoms with van der Waals surface area (Å²) in [6.45, 7) is 2.01. The zero-order chi connectivity index (χ0) is 33.2. The van der Waals surface area contributed by atoms with E-state index in [0.29, 0.717) is 31.4 Å². The van der Waals surface area contributed by atoms with Crippen molar-refractivity contribution in [1.82, 2.24) is 14.3 Å². The molecule has 0 unspecified atom stereocenters. The summed E-state index contributed by atoms with van der Waals surface area (Å²) in [5.41, 5.74) is 6.99. The lowest BCUT2D eigenvalue weighted by Crippen LogP contribution is -2.48. The van der Waals surface area contributed by atoms with Crippen molar-refractivity contribution in [3.8, 4) is 0 Å². The summed E-state index contributed by atoms with van der Waals surface area (Å²) in [6, 6.07) is 25.7. The lowest BCUT2D eigenvalue weighted by Gasteiger charge is -2.29. The van der Waals surface area contributed by atoms with E-state index in [1.54, 1.807) is 18.2 Å². The maximum Gasteiger partial charge on any atom is 0.243 e. The molecule has 0 bridgehead atoms. The predicted octanol–water partition coefficient (Wildman–Crippen LogP) is 4.06. The second-order valence-electron chi connectivity index (χ2n) is 11.2. The van der Waals surface area contributed by atoms with Crippen LogP contribution in [-0.4, -0.2) is 63.9 Å². The molecular weight excluding hydrogens is 625 g/mol. The summed E-state index contributed by atoms with van der Waals surface area (Å²) < 4.78 is 57.0. The van der Waals surface area contributed by atoms with Gasteiger partial charge in [-0.3, -0.25) is 4.79 Å². The quantitative estimate of drug-likeness (QED) is 0.0977. The molecule has 0 saturated heterocycles. The van der Waals surface area contributed by atoms with Gasteiger partial charge in [-0.2, -0.15) is 9.03 Å². The highest BCUT2D eigenvalue weighted by Gasteiger charge is 2.30. The van der Waals surface area contributed by atoms with Gasteiger partial charge in [-0.05, 0) is 78.4 Å². The molecule has 246 valence electrons. The molecule has 5 N–H and O–H groups in total. The van der Waals surface area contributed by atoms with Crippen molar-refractivity contribution in [1.29, 1.82) is 0 Å². The number of hydrogen-bond acceptors (Lipinski definition) is 7. The molecule has 4 aromatic carbocycles. The molecule has 1 amide bonds. The first-order valence-corrected chi connectivity index (χ1v) is 18.3. The number of carbonyl (C=O) groups excluding carboxylic acids is 1. The molecule has 2 atom stereocenters. The number of aliphatic hydroxyl groups excluding tert-OH is 1. The van der Waals surface area contributed by atoms with Crippen LogP contribution in [0.3, 0.4) is 0 Å². The van der Waals surface area contributed by atoms with Crippen molar-refractivity contribution in [2.45, 2.75) is 60.9 Å². The van der Waals surface area contributed by atoms with E-state index in [2.05, 4.69) is 10.0 Å². The number of fused-ring (bicyclic) bond motifs is 1. The van der Waals surface area contributed by atoms with Gasteiger partial charge >= 0.3 is 0 Å². The van der Waals surface area contributed by atoms with E-state index < -0.39 is 38.0 Å². The Labute approximate surface area is 271 Å². The number of benzene rings is 4. The summed E-state index contributed by atoms with van der Waals surface area (Å²) in [5.74, 6) is -0.468. The van der Waals surface area contributed by atoms with Crippen molar-refractivity contribution < 1.29 is 26.7 Å². The summed E-state index contributed by atoms with van der Waals surface area (Å²) in [6.07, 6.45) is 2.11. The van der Waals surface area contributed by atoms with Crippen LogP contribution < -0.4 is 15.8 Å². The number of aliphatic hydroxyl groups is 1. The second-order valence-corrected chi connectivity index (χ2v) is 14.8. The van der Waals surface area contributed by atoms with E-state index in [4.69, 9.17) is 5.73 Å². The van der Waals surface area contributed by atoms with Crippen molar-refractivity contribution in [3.63, 3.8) is 0 Å². The number of anilines is 1. The number of amides is 1. The number of unbranched alkanes of at least 4 members (excludes halogenated alkanes) is 1. The van der Waals surface area contributed by atoms with Gasteiger partial charge in [-0.1, -0.05) is 74.0 Å². The fourth-order valence-electron chi connectivity index (χ4n) is 5.30. The fraction of sp³-hybridized carbons (Fsp3) is 0.324. The number of carbonyl (C=O) groups is 1. The van der Waals surface area contributed by atoms with Crippen LogP contribution in [0, 0.1) is 0 Å². The highest BCUT2D eigenvalue weighted by atomic mass is 32.2. The molecule has 0 fully saturated rings. The number of nitrogens with zero attached hydrogens (tertiary/aromatic N) is 1. The van der Waals surface area contributed by atoms with Crippen LogP contribution in [-0.2, 0) is 31.3 Å². The zero-order valence-electron chi connectivity index (χ0n) is 25.9. The monoisotopic (exact) mass is 666 g/mol. The van der Waals surface area contributed by atoms with Gasteiger partial charge in [-0.25, -0.2) is 16.8 Å². The standard InChI is InChI=1S/C34H42N4O6S2/c1-2-22-38(46(43,44)32-19-17-29(35)18-20-32)30(25-39)12-8-9-21-36-34(40)33(37-45(41,42)31-13-4-3-5-14-31)24-26-15-16-27-10-6-7-11-28(27)23-26/h3-7,10-11,13-20,23,30,33,37,39H,2,8-9,12,21-22,24-25,35H2,1H3,(H,36,40)/t30-,33-/m0/s1. The molecule has 10 nitrogen and oxygen atoms in total. The summed E-state index contributed by atoms with van der Waals surface area (Å²) in [4.78, 5) is 13.6. The molecule has 0 aliphatic heterocycles. The van der Waals surface area contributed by atoms with Crippen LogP contribution in [0.5, 0.6) is 0 Å². The molecule has 0 saturated carbocycles. The summed E-state index contributed by atoms with van der Waals surface area (Å²) in [7, 11) is -7.84. The molecule has 12 heteroatoms. The van der Waals surface area contributed by atoms with Crippen LogP contribution in [0.1, 0.15) is 38.2 Å². The highest BCUT2D eigenvalue weighted by molar-refractivity contribution is 7.89. The van der Waals surface area contributed by atoms with Crippen molar-refractivity contribution >= 4 is 42.4 Å². The van der Waals surface area contributed by atoms with E-state index in [0.717, 1.165) is 16.3 Å². The smallest absolute Gasteiger partial charge is 0.243 e. The first-order valence-electron chi connectivity index (χ1n) is 15.4. The van der Waals surface area contributed by atoms with Crippen LogP contribution in [0.4, 0.5) is 5.69 Å². The molecule has 0 spiro atoms. The molecule has 0 heterocycles. The van der Waals surface area contributed by atoms with Crippen LogP contribution in [0.2, 0.25) is 0 Å². The third-order valence-electron chi connectivity index (χ3n) is 7.73. The minimum Gasteiger partial charge on any atom is -0.399 e. The number of sulfonamides is 2. The third-order valence-corrected chi connectivity index (χ3v) is 11.2. The fourth-order valence-corrected chi connectivity index (χ4v) is 8.26. The van der Waals surface area contributed by atoms with Crippen molar-refractivity contribution in [2.24, 2.45) is 0 Å². The Morgan fingerprint density at radius 3 is 2.20 bits per heavy atom. The molecule has 4 rings (SSSR count). The van der Waals surface area contributed by atoms with E-state index >= 15 is 0 Å². The number of nitrogen functional groups attached to an aromatic ring is 1. The normalized spacial score (nSPS) is 13.5. The second kappa shape index (κ2) is 16.1. The maximum atomic E-state index is 13.4. The minimum absolute atomic E-state index is 0.0620. The molecular formula is C34H42N4O6S2. The molecule has 4 aromatic rings. The Bertz CT molecular complexity index is 1800. The summed E-state index contributed by atoms with van der Waals surface area (Å²) >= 11 is 0. The topological polar surface area (TPSA) is 159 Å². The van der Waals surface area contributed by atoms with E-state index in [1.165, 1.54) is 40.7 Å². The number of nitrogens with two attached hydrogens (primary N) is 1. The zero-order valence-corrected chi connectivity index (χ0v) is 27.5. The van der Waals surface area contributed by atoms with Crippen LogP contribution in [0.15, 0.2) is 107 Å². The largest absolute Gasteiger partial charge is 0.399 e. The summed E-state index contributed by atoms with van der Waals surface area (Å²) in [5, 5.41) is 15.0. The van der Waals surface area contributed by atoms with Gasteiger partial charge in [0.2, 0.25) is 26.0 Å². The highest BCUT2D eigenvalue weighted by Crippen LogP contribution is 2.23. The molecule has 0 radical (unpaired) electrons. The van der Waals surface area contributed by atoms with Gasteiger partial charge in [0.1, 0.15) is 6.04 Å². The molecule has 0 aromatic heterocycles. The van der Waals surface area contributed by atoms with Gasteiger partial charge in [0.25, 0.3) is 0 Å². The third kappa shape index (κ3) is 9.14. The van der Waals surface area contributed by atoms with Crippen LogP contribution in [0.25, 0.3) is 10.8 Å². The van der Waals surface area contributed by atoms with Gasteiger partial charge in [0, 0.05) is 24.8 Å². The van der Waals surface area contributed by atoms with E-state index in [1.807, 2.05) is 49.4 Å². The Kier molecular flexibility index (Phi) is 12.3. The average molecular weight is 667 g/mol. The lowest BCUT2D eigenvalue weighted by atomic mass is 10.0. The van der Waals surface area contributed by atoms with E-state index in [-0.39, 0.29) is 35.9 Å². The van der Waals surface area contributed by atoms with Crippen molar-refractivity contribution in [2.75, 3.05) is 25.4 Å². The number of nitrogens with one attached hydrogen (secondary N) is 2. The number of rotatable bonds is 17. The lowest BCUT2D eigenvalue weighted by molar-refractivity contribution is -0.122. The Balaban J connectivity index is 1.40. The minimum atomic E-state index is -3.98. The first kappa shape index (κ1) is 35.1. The van der Waals surface area contributed by atoms with Gasteiger partial charge in [-0.15, -0.1) is 0 Å². The maximum absolute atomic E-state index is 13.4. The van der Waals surface area contributed by atoms with E-state index in [9.17, 15) is 26.7 Å². The van der Waals surface area contributed by atoms with Crippen LogP contribution >= 0.6 is 0 Å². The number of hydrogen-bond donors (Lipinski definition) is 4. The van der Waals surface area contributed by atoms with Gasteiger partial charge < -0.3 is 16.2 Å². The van der Waals surface area contributed by atoms with Gasteiger partial charge in [0.15, 0.2) is 0 Å².